The molecule has 0 unspecified atom stereocenters. The third-order valence-electron chi connectivity index (χ3n) is 2.60. The molecule has 1 N–H and O–H groups in total. The maximum atomic E-state index is 10.6. The number of nitrogens with one attached hydrogen (secondary N) is 1. The minimum atomic E-state index is -0.407. The van der Waals surface area contributed by atoms with Crippen molar-refractivity contribution in [3.05, 3.63) is 68.4 Å². The van der Waals surface area contributed by atoms with Crippen LogP contribution in [-0.4, -0.2) is 9.91 Å². The van der Waals surface area contributed by atoms with Gasteiger partial charge in [-0.1, -0.05) is 22.0 Å². The van der Waals surface area contributed by atoms with Gasteiger partial charge in [-0.15, -0.1) is 0 Å². The van der Waals surface area contributed by atoms with Gasteiger partial charge < -0.3 is 5.32 Å². The van der Waals surface area contributed by atoms with Crippen LogP contribution in [0.1, 0.15) is 11.3 Å². The molecule has 0 saturated carbocycles. The van der Waals surface area contributed by atoms with E-state index in [0.717, 1.165) is 15.7 Å². The van der Waals surface area contributed by atoms with E-state index in [-0.39, 0.29) is 5.69 Å². The third-order valence-corrected chi connectivity index (χ3v) is 3.33. The van der Waals surface area contributed by atoms with Crippen LogP contribution < -0.4 is 5.32 Å². The number of nitrogens with zero attached hydrogens (tertiary/aromatic N) is 2. The SMILES string of the molecule is O=[N+]([O-])c1ccc(CNCc2ccccn2)c(Br)c1. The monoisotopic (exact) mass is 321 g/mol. The Morgan fingerprint density at radius 3 is 2.74 bits per heavy atom. The number of nitro benzene ring substituents is 1. The molecule has 19 heavy (non-hydrogen) atoms. The van der Waals surface area contributed by atoms with Gasteiger partial charge in [-0.3, -0.25) is 15.1 Å². The fourth-order valence-corrected chi connectivity index (χ4v) is 2.13. The first-order valence-electron chi connectivity index (χ1n) is 5.70. The van der Waals surface area contributed by atoms with E-state index in [4.69, 9.17) is 0 Å². The van der Waals surface area contributed by atoms with Crippen LogP contribution >= 0.6 is 15.9 Å². The highest BCUT2D eigenvalue weighted by atomic mass is 79.9. The summed E-state index contributed by atoms with van der Waals surface area (Å²) in [4.78, 5) is 14.4. The van der Waals surface area contributed by atoms with Gasteiger partial charge in [0.05, 0.1) is 10.6 Å². The minimum absolute atomic E-state index is 0.0837. The van der Waals surface area contributed by atoms with Gasteiger partial charge in [-0.05, 0) is 23.8 Å². The third kappa shape index (κ3) is 3.84. The van der Waals surface area contributed by atoms with Crippen LogP contribution in [0.15, 0.2) is 47.1 Å². The number of aromatic nitrogens is 1. The molecule has 2 aromatic rings. The number of halogens is 1. The lowest BCUT2D eigenvalue weighted by Crippen LogP contribution is -2.13. The fourth-order valence-electron chi connectivity index (χ4n) is 1.62. The highest BCUT2D eigenvalue weighted by Gasteiger charge is 2.08. The number of rotatable bonds is 5. The van der Waals surface area contributed by atoms with Crippen LogP contribution in [0.3, 0.4) is 0 Å². The van der Waals surface area contributed by atoms with Gasteiger partial charge in [0.1, 0.15) is 0 Å². The first kappa shape index (κ1) is 13.6. The Hall–Kier alpha value is -1.79. The van der Waals surface area contributed by atoms with E-state index in [9.17, 15) is 10.1 Å². The normalized spacial score (nSPS) is 10.4. The summed E-state index contributed by atoms with van der Waals surface area (Å²) in [7, 11) is 0. The summed E-state index contributed by atoms with van der Waals surface area (Å²) in [5, 5.41) is 13.9. The zero-order valence-corrected chi connectivity index (χ0v) is 11.6. The summed E-state index contributed by atoms with van der Waals surface area (Å²) >= 11 is 3.34. The molecule has 0 saturated heterocycles. The second kappa shape index (κ2) is 6.40. The Morgan fingerprint density at radius 1 is 1.26 bits per heavy atom. The predicted octanol–water partition coefficient (Wildman–Crippen LogP) is 3.04. The quantitative estimate of drug-likeness (QED) is 0.679. The number of pyridine rings is 1. The second-order valence-corrected chi connectivity index (χ2v) is 4.81. The van der Waals surface area contributed by atoms with E-state index < -0.39 is 4.92 Å². The molecule has 2 rings (SSSR count). The van der Waals surface area contributed by atoms with Gasteiger partial charge in [0, 0.05) is 35.9 Å². The summed E-state index contributed by atoms with van der Waals surface area (Å²) in [5.41, 5.74) is 2.02. The molecule has 0 radical (unpaired) electrons. The number of hydrogen-bond donors (Lipinski definition) is 1. The van der Waals surface area contributed by atoms with Gasteiger partial charge in [0.25, 0.3) is 5.69 Å². The number of hydrogen-bond acceptors (Lipinski definition) is 4. The summed E-state index contributed by atoms with van der Waals surface area (Å²) in [6, 6.07) is 10.5. The molecular weight excluding hydrogens is 310 g/mol. The average Bonchev–Trinajstić information content (AvgIpc) is 2.41. The number of non-ortho nitro benzene ring substituents is 1. The van der Waals surface area contributed by atoms with Crippen LogP contribution in [0.5, 0.6) is 0 Å². The van der Waals surface area contributed by atoms with Crippen molar-refractivity contribution >= 4 is 21.6 Å². The maximum absolute atomic E-state index is 10.6. The van der Waals surface area contributed by atoms with Crippen LogP contribution in [0.4, 0.5) is 5.69 Å². The van der Waals surface area contributed by atoms with Crippen molar-refractivity contribution in [2.45, 2.75) is 13.1 Å². The molecule has 0 aliphatic heterocycles. The summed E-state index contributed by atoms with van der Waals surface area (Å²) in [6.07, 6.45) is 1.75. The number of nitro groups is 1. The lowest BCUT2D eigenvalue weighted by atomic mass is 10.2. The van der Waals surface area contributed by atoms with Crippen molar-refractivity contribution < 1.29 is 4.92 Å². The molecule has 98 valence electrons. The average molecular weight is 322 g/mol. The van der Waals surface area contributed by atoms with E-state index in [0.29, 0.717) is 13.1 Å². The van der Waals surface area contributed by atoms with E-state index in [1.807, 2.05) is 18.2 Å². The van der Waals surface area contributed by atoms with Crippen molar-refractivity contribution in [3.63, 3.8) is 0 Å². The van der Waals surface area contributed by atoms with Crippen molar-refractivity contribution in [2.75, 3.05) is 0 Å². The molecule has 1 aromatic carbocycles. The van der Waals surface area contributed by atoms with Crippen LogP contribution in [0.2, 0.25) is 0 Å². The molecule has 0 aliphatic carbocycles. The topological polar surface area (TPSA) is 68.1 Å². The molecule has 5 nitrogen and oxygen atoms in total. The smallest absolute Gasteiger partial charge is 0.270 e. The summed E-state index contributed by atoms with van der Waals surface area (Å²) in [5.74, 6) is 0. The maximum Gasteiger partial charge on any atom is 0.270 e. The standard InChI is InChI=1S/C13H12BrN3O2/c14-13-7-12(17(18)19)5-4-10(13)8-15-9-11-3-1-2-6-16-11/h1-7,15H,8-9H2. The Morgan fingerprint density at radius 2 is 2.11 bits per heavy atom. The lowest BCUT2D eigenvalue weighted by molar-refractivity contribution is -0.384. The van der Waals surface area contributed by atoms with Crippen molar-refractivity contribution in [1.82, 2.24) is 10.3 Å². The van der Waals surface area contributed by atoms with Crippen molar-refractivity contribution in [1.29, 1.82) is 0 Å². The molecule has 0 amide bonds. The molecule has 0 fully saturated rings. The van der Waals surface area contributed by atoms with Crippen molar-refractivity contribution in [3.8, 4) is 0 Å². The Bertz CT molecular complexity index is 575. The van der Waals surface area contributed by atoms with Gasteiger partial charge in [-0.25, -0.2) is 0 Å². The largest absolute Gasteiger partial charge is 0.307 e. The van der Waals surface area contributed by atoms with Gasteiger partial charge in [0.15, 0.2) is 0 Å². The van der Waals surface area contributed by atoms with Gasteiger partial charge in [-0.2, -0.15) is 0 Å². The van der Waals surface area contributed by atoms with Crippen LogP contribution in [-0.2, 0) is 13.1 Å². The first-order valence-corrected chi connectivity index (χ1v) is 6.49. The Labute approximate surface area is 119 Å². The van der Waals surface area contributed by atoms with Gasteiger partial charge in [0.2, 0.25) is 0 Å². The van der Waals surface area contributed by atoms with Crippen LogP contribution in [0, 0.1) is 10.1 Å². The zero-order valence-electron chi connectivity index (χ0n) is 10.0. The van der Waals surface area contributed by atoms with Gasteiger partial charge >= 0.3 is 0 Å². The highest BCUT2D eigenvalue weighted by molar-refractivity contribution is 9.10. The fraction of sp³-hybridized carbons (Fsp3) is 0.154. The zero-order chi connectivity index (χ0) is 13.7. The predicted molar refractivity (Wildman–Crippen MR) is 75.6 cm³/mol. The minimum Gasteiger partial charge on any atom is -0.307 e. The molecule has 1 heterocycles. The van der Waals surface area contributed by atoms with Crippen molar-refractivity contribution in [2.24, 2.45) is 0 Å². The molecular formula is C13H12BrN3O2. The van der Waals surface area contributed by atoms with E-state index in [1.54, 1.807) is 12.3 Å². The van der Waals surface area contributed by atoms with E-state index in [1.165, 1.54) is 12.1 Å². The van der Waals surface area contributed by atoms with E-state index >= 15 is 0 Å². The molecule has 1 aromatic heterocycles. The number of benzene rings is 1. The molecule has 6 heteroatoms. The first-order chi connectivity index (χ1) is 9.16. The molecule has 0 spiro atoms. The molecule has 0 bridgehead atoms. The second-order valence-electron chi connectivity index (χ2n) is 3.96. The van der Waals surface area contributed by atoms with Crippen LogP contribution in [0.25, 0.3) is 0 Å². The summed E-state index contributed by atoms with van der Waals surface area (Å²) < 4.78 is 0.732. The Balaban J connectivity index is 1.95. The molecule has 0 aliphatic rings. The lowest BCUT2D eigenvalue weighted by Gasteiger charge is -2.06. The molecule has 0 atom stereocenters. The highest BCUT2D eigenvalue weighted by Crippen LogP contribution is 2.22. The summed E-state index contributed by atoms with van der Waals surface area (Å²) in [6.45, 7) is 1.28. The Kier molecular flexibility index (Phi) is 4.59. The van der Waals surface area contributed by atoms with E-state index in [2.05, 4.69) is 26.2 Å².